The third-order valence-electron chi connectivity index (χ3n) is 6.25. The highest BCUT2D eigenvalue weighted by Gasteiger charge is 2.41. The first-order valence-corrected chi connectivity index (χ1v) is 10.6. The van der Waals surface area contributed by atoms with E-state index in [0.717, 1.165) is 16.6 Å². The van der Waals surface area contributed by atoms with Crippen molar-refractivity contribution in [1.82, 2.24) is 19.5 Å². The van der Waals surface area contributed by atoms with Gasteiger partial charge in [-0.25, -0.2) is 9.50 Å². The maximum atomic E-state index is 13.1. The van der Waals surface area contributed by atoms with Gasteiger partial charge in [0.2, 0.25) is 0 Å². The van der Waals surface area contributed by atoms with E-state index in [1.54, 1.807) is 16.8 Å². The Kier molecular flexibility index (Phi) is 4.26. The number of fused-ring (bicyclic) bond motifs is 2. The molecule has 0 bridgehead atoms. The summed E-state index contributed by atoms with van der Waals surface area (Å²) in [7, 11) is 0. The number of hydrogen-bond acceptors (Lipinski definition) is 5. The molecule has 7 nitrogen and oxygen atoms in total. The highest BCUT2D eigenvalue weighted by Crippen LogP contribution is 2.32. The number of nitrogens with zero attached hydrogens (tertiary/aromatic N) is 4. The third kappa shape index (κ3) is 3.17. The van der Waals surface area contributed by atoms with Gasteiger partial charge in [0, 0.05) is 43.8 Å². The van der Waals surface area contributed by atoms with Gasteiger partial charge < -0.3 is 14.4 Å². The van der Waals surface area contributed by atoms with Crippen molar-refractivity contribution in [2.75, 3.05) is 26.3 Å². The van der Waals surface area contributed by atoms with Crippen LogP contribution in [0.4, 0.5) is 0 Å². The molecule has 31 heavy (non-hydrogen) atoms. The van der Waals surface area contributed by atoms with Crippen LogP contribution in [-0.2, 0) is 9.47 Å². The molecule has 0 atom stereocenters. The van der Waals surface area contributed by atoms with Crippen LogP contribution in [0.25, 0.3) is 27.7 Å². The maximum Gasteiger partial charge on any atom is 0.274 e. The molecule has 4 heterocycles. The van der Waals surface area contributed by atoms with Crippen LogP contribution in [0.2, 0.25) is 0 Å². The van der Waals surface area contributed by atoms with Crippen molar-refractivity contribution in [2.24, 2.45) is 0 Å². The molecule has 6 rings (SSSR count). The van der Waals surface area contributed by atoms with Crippen molar-refractivity contribution in [3.05, 3.63) is 66.5 Å². The Hall–Kier alpha value is -3.29. The zero-order valence-corrected chi connectivity index (χ0v) is 17.0. The molecule has 1 amide bonds. The second-order valence-corrected chi connectivity index (χ2v) is 8.09. The van der Waals surface area contributed by atoms with E-state index >= 15 is 0 Å². The van der Waals surface area contributed by atoms with Gasteiger partial charge in [-0.2, -0.15) is 5.10 Å². The van der Waals surface area contributed by atoms with Crippen LogP contribution in [0.3, 0.4) is 0 Å². The first-order valence-electron chi connectivity index (χ1n) is 10.6. The van der Waals surface area contributed by atoms with Crippen LogP contribution in [0.1, 0.15) is 23.3 Å². The van der Waals surface area contributed by atoms with Crippen LogP contribution in [-0.4, -0.2) is 57.5 Å². The summed E-state index contributed by atoms with van der Waals surface area (Å²) in [4.78, 5) is 19.4. The molecule has 1 spiro atoms. The van der Waals surface area contributed by atoms with Gasteiger partial charge >= 0.3 is 0 Å². The molecule has 2 saturated heterocycles. The van der Waals surface area contributed by atoms with E-state index in [-0.39, 0.29) is 5.91 Å². The summed E-state index contributed by atoms with van der Waals surface area (Å²) in [6.07, 6.45) is 3.13. The molecule has 2 aromatic carbocycles. The molecule has 0 saturated carbocycles. The molecule has 7 heteroatoms. The van der Waals surface area contributed by atoms with E-state index < -0.39 is 5.79 Å². The summed E-state index contributed by atoms with van der Waals surface area (Å²) in [5.41, 5.74) is 3.00. The fourth-order valence-electron chi connectivity index (χ4n) is 4.57. The number of likely N-dealkylation sites (tertiary alicyclic amines) is 1. The first kappa shape index (κ1) is 18.5. The number of ether oxygens (including phenoxy) is 2. The Morgan fingerprint density at radius 2 is 1.71 bits per heavy atom. The average Bonchev–Trinajstić information content (AvgIpc) is 3.46. The normalized spacial score (nSPS) is 18.3. The Labute approximate surface area is 179 Å². The van der Waals surface area contributed by atoms with Crippen LogP contribution >= 0.6 is 0 Å². The molecule has 0 unspecified atom stereocenters. The number of aromatic nitrogens is 3. The molecule has 2 fully saturated rings. The molecule has 2 aromatic heterocycles. The number of hydrogen-bond donors (Lipinski definition) is 0. The second kappa shape index (κ2) is 7.14. The average molecular weight is 414 g/mol. The maximum absolute atomic E-state index is 13.1. The van der Waals surface area contributed by atoms with Crippen LogP contribution < -0.4 is 0 Å². The quantitative estimate of drug-likeness (QED) is 0.502. The van der Waals surface area contributed by atoms with Gasteiger partial charge in [0.15, 0.2) is 17.1 Å². The molecule has 0 aliphatic carbocycles. The minimum Gasteiger partial charge on any atom is -0.347 e. The van der Waals surface area contributed by atoms with Crippen molar-refractivity contribution in [2.45, 2.75) is 18.6 Å². The summed E-state index contributed by atoms with van der Waals surface area (Å²) in [5.74, 6) is -0.580. The number of carbonyl (C=O) groups excluding carboxylic acids is 1. The molecule has 0 radical (unpaired) electrons. The fourth-order valence-corrected chi connectivity index (χ4v) is 4.57. The monoisotopic (exact) mass is 414 g/mol. The predicted octanol–water partition coefficient (Wildman–Crippen LogP) is 3.53. The van der Waals surface area contributed by atoms with Crippen LogP contribution in [0.5, 0.6) is 0 Å². The molecule has 0 N–H and O–H groups in total. The Balaban J connectivity index is 1.31. The van der Waals surface area contributed by atoms with E-state index in [4.69, 9.17) is 9.47 Å². The summed E-state index contributed by atoms with van der Waals surface area (Å²) >= 11 is 0. The highest BCUT2D eigenvalue weighted by molar-refractivity contribution is 5.93. The number of benzene rings is 2. The largest absolute Gasteiger partial charge is 0.347 e. The SMILES string of the molecule is O=C(c1cc2nccc(-c3ccc4ccccc4c3)n2n1)N1CCC2(CC1)OCCO2. The predicted molar refractivity (Wildman–Crippen MR) is 116 cm³/mol. The van der Waals surface area contributed by atoms with Crippen LogP contribution in [0.15, 0.2) is 60.8 Å². The van der Waals surface area contributed by atoms with Gasteiger partial charge in [-0.15, -0.1) is 0 Å². The summed E-state index contributed by atoms with van der Waals surface area (Å²) in [6, 6.07) is 18.3. The lowest BCUT2D eigenvalue weighted by atomic mass is 10.0. The van der Waals surface area contributed by atoms with E-state index in [9.17, 15) is 4.79 Å². The van der Waals surface area contributed by atoms with Crippen LogP contribution in [0, 0.1) is 0 Å². The van der Waals surface area contributed by atoms with Crippen molar-refractivity contribution < 1.29 is 14.3 Å². The van der Waals surface area contributed by atoms with Gasteiger partial charge in [-0.3, -0.25) is 4.79 Å². The number of rotatable bonds is 2. The standard InChI is InChI=1S/C24H22N4O3/c29-23(27-11-8-24(9-12-27)30-13-14-31-24)20-16-22-25-10-7-21(28(22)26-20)19-6-5-17-3-1-2-4-18(17)15-19/h1-7,10,15-16H,8-9,11-14H2. The molecular weight excluding hydrogens is 392 g/mol. The Morgan fingerprint density at radius 3 is 2.52 bits per heavy atom. The topological polar surface area (TPSA) is 69.0 Å². The van der Waals surface area contributed by atoms with Gasteiger partial charge in [0.1, 0.15) is 0 Å². The lowest BCUT2D eigenvalue weighted by Gasteiger charge is -2.37. The number of piperidine rings is 1. The summed E-state index contributed by atoms with van der Waals surface area (Å²) < 4.78 is 13.3. The highest BCUT2D eigenvalue weighted by atomic mass is 16.7. The van der Waals surface area contributed by atoms with Crippen molar-refractivity contribution in [1.29, 1.82) is 0 Å². The lowest BCUT2D eigenvalue weighted by molar-refractivity contribution is -0.181. The van der Waals surface area contributed by atoms with Gasteiger partial charge in [0.05, 0.1) is 18.9 Å². The van der Waals surface area contributed by atoms with E-state index in [0.29, 0.717) is 50.5 Å². The molecule has 2 aliphatic heterocycles. The lowest BCUT2D eigenvalue weighted by Crippen LogP contribution is -2.47. The zero-order valence-electron chi connectivity index (χ0n) is 17.0. The Bertz CT molecular complexity index is 1280. The zero-order chi connectivity index (χ0) is 20.8. The van der Waals surface area contributed by atoms with Crippen molar-refractivity contribution in [3.8, 4) is 11.3 Å². The second-order valence-electron chi connectivity index (χ2n) is 8.09. The molecule has 156 valence electrons. The van der Waals surface area contributed by atoms with Gasteiger partial charge in [-0.1, -0.05) is 36.4 Å². The van der Waals surface area contributed by atoms with E-state index in [1.165, 1.54) is 5.39 Å². The smallest absolute Gasteiger partial charge is 0.274 e. The minimum absolute atomic E-state index is 0.0807. The van der Waals surface area contributed by atoms with Crippen molar-refractivity contribution >= 4 is 22.3 Å². The van der Waals surface area contributed by atoms with Crippen molar-refractivity contribution in [3.63, 3.8) is 0 Å². The molecular formula is C24H22N4O3. The number of amides is 1. The Morgan fingerprint density at radius 1 is 0.935 bits per heavy atom. The summed E-state index contributed by atoms with van der Waals surface area (Å²) in [5, 5.41) is 6.98. The van der Waals surface area contributed by atoms with Gasteiger partial charge in [-0.05, 0) is 22.9 Å². The first-order chi connectivity index (χ1) is 15.2. The molecule has 4 aromatic rings. The fraction of sp³-hybridized carbons (Fsp3) is 0.292. The van der Waals surface area contributed by atoms with E-state index in [2.05, 4.69) is 40.4 Å². The van der Waals surface area contributed by atoms with Gasteiger partial charge in [0.25, 0.3) is 5.91 Å². The molecule has 2 aliphatic rings. The summed E-state index contributed by atoms with van der Waals surface area (Å²) in [6.45, 7) is 2.45. The number of carbonyl (C=O) groups is 1. The minimum atomic E-state index is -0.500. The third-order valence-corrected chi connectivity index (χ3v) is 6.25. The van der Waals surface area contributed by atoms with E-state index in [1.807, 2.05) is 23.1 Å².